The fourth-order valence-corrected chi connectivity index (χ4v) is 1.92. The average Bonchev–Trinajstić information content (AvgIpc) is 2.75. The first-order valence-electron chi connectivity index (χ1n) is 6.24. The molecule has 4 heteroatoms. The molecule has 2 rings (SSSR count). The van der Waals surface area contributed by atoms with Crippen LogP contribution in [0.4, 0.5) is 0 Å². The summed E-state index contributed by atoms with van der Waals surface area (Å²) in [6.07, 6.45) is 3.70. The monoisotopic (exact) mass is 244 g/mol. The molecule has 0 aliphatic rings. The summed E-state index contributed by atoms with van der Waals surface area (Å²) < 4.78 is 2.03. The molecule has 0 amide bonds. The van der Waals surface area contributed by atoms with Gasteiger partial charge in [-0.25, -0.2) is 0 Å². The molecule has 0 bridgehead atoms. The Morgan fingerprint density at radius 2 is 2.06 bits per heavy atom. The fraction of sp³-hybridized carbons (Fsp3) is 0.429. The number of nitrogens with zero attached hydrogens (tertiary/aromatic N) is 4. The molecule has 0 unspecified atom stereocenters. The third kappa shape index (κ3) is 3.17. The van der Waals surface area contributed by atoms with E-state index in [9.17, 15) is 0 Å². The first-order valence-corrected chi connectivity index (χ1v) is 6.24. The predicted molar refractivity (Wildman–Crippen MR) is 72.3 cm³/mol. The van der Waals surface area contributed by atoms with E-state index in [-0.39, 0.29) is 0 Å². The molecule has 0 spiro atoms. The molecule has 0 saturated carbocycles. The van der Waals surface area contributed by atoms with Crippen molar-refractivity contribution in [2.45, 2.75) is 26.9 Å². The Morgan fingerprint density at radius 3 is 2.72 bits per heavy atom. The van der Waals surface area contributed by atoms with Gasteiger partial charge in [0, 0.05) is 31.2 Å². The van der Waals surface area contributed by atoms with Crippen LogP contribution in [-0.4, -0.2) is 33.3 Å². The van der Waals surface area contributed by atoms with Crippen LogP contribution in [0.25, 0.3) is 0 Å². The number of hydrogen-bond acceptors (Lipinski definition) is 3. The maximum Gasteiger partial charge on any atom is 0.0572 e. The summed E-state index contributed by atoms with van der Waals surface area (Å²) in [5.41, 5.74) is 3.61. The number of aromatic nitrogens is 3. The maximum atomic E-state index is 4.42. The second kappa shape index (κ2) is 5.78. The van der Waals surface area contributed by atoms with Crippen molar-refractivity contribution in [3.05, 3.63) is 47.5 Å². The van der Waals surface area contributed by atoms with E-state index in [1.807, 2.05) is 29.2 Å². The lowest BCUT2D eigenvalue weighted by Gasteiger charge is -2.17. The normalized spacial score (nSPS) is 11.1. The quantitative estimate of drug-likeness (QED) is 0.807. The molecule has 2 heterocycles. The van der Waals surface area contributed by atoms with Crippen LogP contribution in [0.15, 0.2) is 30.6 Å². The van der Waals surface area contributed by atoms with Gasteiger partial charge >= 0.3 is 0 Å². The highest BCUT2D eigenvalue weighted by Gasteiger charge is 2.05. The minimum absolute atomic E-state index is 0.882. The first kappa shape index (κ1) is 12.8. The second-order valence-electron chi connectivity index (χ2n) is 4.70. The average molecular weight is 244 g/mol. The summed E-state index contributed by atoms with van der Waals surface area (Å²) in [4.78, 5) is 6.69. The third-order valence-electron chi connectivity index (χ3n) is 3.16. The Balaban J connectivity index is 1.88. The smallest absolute Gasteiger partial charge is 0.0572 e. The highest BCUT2D eigenvalue weighted by Crippen LogP contribution is 2.06. The van der Waals surface area contributed by atoms with Gasteiger partial charge in [0.25, 0.3) is 0 Å². The number of aryl methyl sites for hydroxylation is 2. The predicted octanol–water partition coefficient (Wildman–Crippen LogP) is 2.03. The van der Waals surface area contributed by atoms with E-state index in [0.29, 0.717) is 0 Å². The lowest BCUT2D eigenvalue weighted by Crippen LogP contribution is -2.24. The van der Waals surface area contributed by atoms with Gasteiger partial charge in [-0.3, -0.25) is 14.6 Å². The number of likely N-dealkylation sites (N-methyl/N-ethyl adjacent to an activating group) is 1. The standard InChI is InChI=1S/C14H20N4/c1-12-5-4-7-15-14(12)11-17(3)9-10-18-13(2)6-8-16-18/h4-8H,9-11H2,1-3H3. The number of pyridine rings is 1. The summed E-state index contributed by atoms with van der Waals surface area (Å²) in [5, 5.41) is 4.29. The van der Waals surface area contributed by atoms with E-state index in [2.05, 4.69) is 41.9 Å². The summed E-state index contributed by atoms with van der Waals surface area (Å²) >= 11 is 0. The van der Waals surface area contributed by atoms with Crippen LogP contribution >= 0.6 is 0 Å². The molecule has 0 atom stereocenters. The minimum atomic E-state index is 0.882. The van der Waals surface area contributed by atoms with Crippen molar-refractivity contribution in [2.24, 2.45) is 0 Å². The zero-order valence-electron chi connectivity index (χ0n) is 11.3. The van der Waals surface area contributed by atoms with Gasteiger partial charge in [-0.2, -0.15) is 5.10 Å². The van der Waals surface area contributed by atoms with Crippen molar-refractivity contribution >= 4 is 0 Å². The Hall–Kier alpha value is -1.68. The van der Waals surface area contributed by atoms with Crippen molar-refractivity contribution < 1.29 is 0 Å². The van der Waals surface area contributed by atoms with Crippen molar-refractivity contribution in [1.82, 2.24) is 19.7 Å². The molecule has 0 N–H and O–H groups in total. The van der Waals surface area contributed by atoms with Gasteiger partial charge in [0.2, 0.25) is 0 Å². The molecular weight excluding hydrogens is 224 g/mol. The number of rotatable bonds is 5. The van der Waals surface area contributed by atoms with Crippen LogP contribution in [0.3, 0.4) is 0 Å². The SMILES string of the molecule is Cc1cccnc1CN(C)CCn1nccc1C. The van der Waals surface area contributed by atoms with Crippen LogP contribution in [0.5, 0.6) is 0 Å². The van der Waals surface area contributed by atoms with Gasteiger partial charge in [-0.15, -0.1) is 0 Å². The Bertz CT molecular complexity index is 504. The summed E-state index contributed by atoms with van der Waals surface area (Å²) in [7, 11) is 2.12. The highest BCUT2D eigenvalue weighted by atomic mass is 15.3. The first-order chi connectivity index (χ1) is 8.66. The Morgan fingerprint density at radius 1 is 1.22 bits per heavy atom. The molecule has 18 heavy (non-hydrogen) atoms. The van der Waals surface area contributed by atoms with Crippen LogP contribution < -0.4 is 0 Å². The van der Waals surface area contributed by atoms with Gasteiger partial charge in [-0.05, 0) is 38.6 Å². The van der Waals surface area contributed by atoms with E-state index in [4.69, 9.17) is 0 Å². The van der Waals surface area contributed by atoms with Crippen LogP contribution in [0, 0.1) is 13.8 Å². The van der Waals surface area contributed by atoms with E-state index < -0.39 is 0 Å². The van der Waals surface area contributed by atoms with Crippen molar-refractivity contribution in [3.63, 3.8) is 0 Å². The molecule has 2 aromatic heterocycles. The lowest BCUT2D eigenvalue weighted by atomic mass is 10.2. The van der Waals surface area contributed by atoms with Crippen molar-refractivity contribution in [2.75, 3.05) is 13.6 Å². The van der Waals surface area contributed by atoms with Crippen LogP contribution in [0.1, 0.15) is 17.0 Å². The molecule has 0 radical (unpaired) electrons. The Labute approximate surface area is 108 Å². The van der Waals surface area contributed by atoms with Crippen LogP contribution in [-0.2, 0) is 13.1 Å². The molecule has 0 saturated heterocycles. The van der Waals surface area contributed by atoms with Crippen molar-refractivity contribution in [1.29, 1.82) is 0 Å². The van der Waals surface area contributed by atoms with E-state index >= 15 is 0 Å². The topological polar surface area (TPSA) is 34.0 Å². The molecule has 96 valence electrons. The summed E-state index contributed by atoms with van der Waals surface area (Å²) in [5.74, 6) is 0. The molecule has 2 aromatic rings. The summed E-state index contributed by atoms with van der Waals surface area (Å²) in [6, 6.07) is 6.11. The van der Waals surface area contributed by atoms with Crippen LogP contribution in [0.2, 0.25) is 0 Å². The van der Waals surface area contributed by atoms with Gasteiger partial charge < -0.3 is 0 Å². The van der Waals surface area contributed by atoms with E-state index in [1.165, 1.54) is 11.3 Å². The largest absolute Gasteiger partial charge is 0.299 e. The zero-order chi connectivity index (χ0) is 13.0. The Kier molecular flexibility index (Phi) is 4.10. The van der Waals surface area contributed by atoms with Gasteiger partial charge in [0.15, 0.2) is 0 Å². The molecule has 4 nitrogen and oxygen atoms in total. The highest BCUT2D eigenvalue weighted by molar-refractivity contribution is 5.17. The third-order valence-corrected chi connectivity index (χ3v) is 3.16. The zero-order valence-corrected chi connectivity index (χ0v) is 11.3. The van der Waals surface area contributed by atoms with Gasteiger partial charge in [0.1, 0.15) is 0 Å². The fourth-order valence-electron chi connectivity index (χ4n) is 1.92. The van der Waals surface area contributed by atoms with E-state index in [1.54, 1.807) is 0 Å². The summed E-state index contributed by atoms with van der Waals surface area (Å²) in [6.45, 7) is 6.95. The van der Waals surface area contributed by atoms with Gasteiger partial charge in [0.05, 0.1) is 12.2 Å². The van der Waals surface area contributed by atoms with Crippen molar-refractivity contribution in [3.8, 4) is 0 Å². The van der Waals surface area contributed by atoms with Gasteiger partial charge in [-0.1, -0.05) is 6.07 Å². The maximum absolute atomic E-state index is 4.42. The van der Waals surface area contributed by atoms with E-state index in [0.717, 1.165) is 25.3 Å². The molecule has 0 fully saturated rings. The minimum Gasteiger partial charge on any atom is -0.299 e. The number of hydrogen-bond donors (Lipinski definition) is 0. The molecule has 0 aliphatic heterocycles. The lowest BCUT2D eigenvalue weighted by molar-refractivity contribution is 0.300. The second-order valence-corrected chi connectivity index (χ2v) is 4.70. The molecule has 0 aromatic carbocycles. The molecule has 0 aliphatic carbocycles. The molecular formula is C14H20N4.